The first-order valence-electron chi connectivity index (χ1n) is 7.26. The van der Waals surface area contributed by atoms with Crippen molar-refractivity contribution in [3.63, 3.8) is 0 Å². The number of carbonyl (C=O) groups excluding carboxylic acids is 2. The van der Waals surface area contributed by atoms with Crippen molar-refractivity contribution in [3.05, 3.63) is 59.1 Å². The first-order chi connectivity index (χ1) is 11.3. The Balaban J connectivity index is 2.05. The highest BCUT2D eigenvalue weighted by Gasteiger charge is 2.30. The molecule has 0 aromatic heterocycles. The topological polar surface area (TPSA) is 64.6 Å². The number of benzene rings is 2. The molecule has 0 aliphatic heterocycles. The van der Waals surface area contributed by atoms with Crippen LogP contribution in [-0.4, -0.2) is 24.6 Å². The number of nitrogens with one attached hydrogen (secondary N) is 1. The third kappa shape index (κ3) is 4.49. The molecule has 6 heteroatoms. The van der Waals surface area contributed by atoms with Gasteiger partial charge in [-0.3, -0.25) is 4.79 Å². The van der Waals surface area contributed by atoms with E-state index < -0.39 is 11.6 Å². The predicted octanol–water partition coefficient (Wildman–Crippen LogP) is 3.92. The van der Waals surface area contributed by atoms with E-state index in [2.05, 4.69) is 10.1 Å². The SMILES string of the molecule is COC(=O)c1ccc(OC(C)(C)C(=O)Nc2ccc(Cl)cc2)cc1. The molecule has 2 rings (SSSR count). The average molecular weight is 348 g/mol. The van der Waals surface area contributed by atoms with Gasteiger partial charge in [-0.05, 0) is 62.4 Å². The van der Waals surface area contributed by atoms with Crippen LogP contribution in [0.15, 0.2) is 48.5 Å². The maximum absolute atomic E-state index is 12.4. The second-order valence-corrected chi connectivity index (χ2v) is 6.03. The third-order valence-electron chi connectivity index (χ3n) is 3.30. The molecule has 0 bridgehead atoms. The minimum absolute atomic E-state index is 0.304. The van der Waals surface area contributed by atoms with E-state index in [1.807, 2.05) is 0 Å². The lowest BCUT2D eigenvalue weighted by Crippen LogP contribution is -2.42. The number of methoxy groups -OCH3 is 1. The molecule has 0 saturated carbocycles. The lowest BCUT2D eigenvalue weighted by atomic mass is 10.1. The number of hydrogen-bond acceptors (Lipinski definition) is 4. The molecule has 126 valence electrons. The summed E-state index contributed by atoms with van der Waals surface area (Å²) in [5, 5.41) is 3.36. The van der Waals surface area contributed by atoms with Gasteiger partial charge >= 0.3 is 5.97 Å². The molecule has 0 heterocycles. The molecule has 24 heavy (non-hydrogen) atoms. The zero-order valence-corrected chi connectivity index (χ0v) is 14.4. The van der Waals surface area contributed by atoms with Crippen LogP contribution < -0.4 is 10.1 Å². The van der Waals surface area contributed by atoms with Gasteiger partial charge in [0.15, 0.2) is 5.60 Å². The van der Waals surface area contributed by atoms with Crippen LogP contribution in [0.25, 0.3) is 0 Å². The van der Waals surface area contributed by atoms with Crippen LogP contribution in [0.1, 0.15) is 24.2 Å². The van der Waals surface area contributed by atoms with E-state index in [9.17, 15) is 9.59 Å². The fourth-order valence-corrected chi connectivity index (χ4v) is 2.06. The largest absolute Gasteiger partial charge is 0.478 e. The summed E-state index contributed by atoms with van der Waals surface area (Å²) in [5.74, 6) is -0.262. The van der Waals surface area contributed by atoms with Gasteiger partial charge in [-0.2, -0.15) is 0 Å². The fourth-order valence-electron chi connectivity index (χ4n) is 1.93. The van der Waals surface area contributed by atoms with Crippen LogP contribution in [-0.2, 0) is 9.53 Å². The molecule has 2 aromatic rings. The van der Waals surface area contributed by atoms with E-state index in [4.69, 9.17) is 16.3 Å². The molecule has 1 amide bonds. The van der Waals surface area contributed by atoms with E-state index in [1.54, 1.807) is 62.4 Å². The van der Waals surface area contributed by atoms with Crippen LogP contribution >= 0.6 is 11.6 Å². The van der Waals surface area contributed by atoms with E-state index >= 15 is 0 Å². The van der Waals surface area contributed by atoms with E-state index in [1.165, 1.54) is 7.11 Å². The van der Waals surface area contributed by atoms with Crippen LogP contribution in [0.4, 0.5) is 5.69 Å². The Labute approximate surface area is 145 Å². The molecule has 0 aliphatic rings. The Kier molecular flexibility index (Phi) is 5.46. The van der Waals surface area contributed by atoms with Crippen molar-refractivity contribution in [2.75, 3.05) is 12.4 Å². The highest BCUT2D eigenvalue weighted by atomic mass is 35.5. The molecular weight excluding hydrogens is 330 g/mol. The minimum Gasteiger partial charge on any atom is -0.478 e. The van der Waals surface area contributed by atoms with Gasteiger partial charge in [0.2, 0.25) is 0 Å². The second-order valence-electron chi connectivity index (χ2n) is 5.59. The molecule has 2 aromatic carbocycles. The summed E-state index contributed by atoms with van der Waals surface area (Å²) in [6.45, 7) is 3.32. The minimum atomic E-state index is -1.10. The first kappa shape index (κ1) is 17.8. The summed E-state index contributed by atoms with van der Waals surface area (Å²) < 4.78 is 10.4. The van der Waals surface area contributed by atoms with Gasteiger partial charge < -0.3 is 14.8 Å². The number of halogens is 1. The lowest BCUT2D eigenvalue weighted by molar-refractivity contribution is -0.128. The van der Waals surface area contributed by atoms with Gasteiger partial charge in [0.25, 0.3) is 5.91 Å². The maximum atomic E-state index is 12.4. The van der Waals surface area contributed by atoms with Crippen molar-refractivity contribution in [3.8, 4) is 5.75 Å². The Morgan fingerprint density at radius 1 is 1.00 bits per heavy atom. The summed E-state index contributed by atoms with van der Waals surface area (Å²) >= 11 is 5.82. The third-order valence-corrected chi connectivity index (χ3v) is 3.55. The number of amides is 1. The molecule has 0 spiro atoms. The van der Waals surface area contributed by atoms with Gasteiger partial charge in [-0.15, -0.1) is 0 Å². The standard InChI is InChI=1S/C18H18ClNO4/c1-18(2,17(22)20-14-8-6-13(19)7-9-14)24-15-10-4-12(5-11-15)16(21)23-3/h4-11H,1-3H3,(H,20,22). The van der Waals surface area contributed by atoms with Crippen molar-refractivity contribution in [1.29, 1.82) is 0 Å². The molecule has 0 aliphatic carbocycles. The highest BCUT2D eigenvalue weighted by molar-refractivity contribution is 6.30. The van der Waals surface area contributed by atoms with Crippen LogP contribution in [0, 0.1) is 0 Å². The normalized spacial score (nSPS) is 10.8. The molecule has 0 unspecified atom stereocenters. The first-order valence-corrected chi connectivity index (χ1v) is 7.64. The monoisotopic (exact) mass is 347 g/mol. The van der Waals surface area contributed by atoms with Crippen molar-refractivity contribution in [2.45, 2.75) is 19.4 Å². The predicted molar refractivity (Wildman–Crippen MR) is 92.6 cm³/mol. The summed E-state index contributed by atoms with van der Waals surface area (Å²) in [6.07, 6.45) is 0. The average Bonchev–Trinajstić information content (AvgIpc) is 2.56. The number of rotatable bonds is 5. The fraction of sp³-hybridized carbons (Fsp3) is 0.222. The van der Waals surface area contributed by atoms with Gasteiger partial charge in [-0.1, -0.05) is 11.6 Å². The Morgan fingerprint density at radius 3 is 2.12 bits per heavy atom. The second kappa shape index (κ2) is 7.36. The van der Waals surface area contributed by atoms with Crippen LogP contribution in [0.5, 0.6) is 5.75 Å². The Morgan fingerprint density at radius 2 is 1.58 bits per heavy atom. The molecule has 0 fully saturated rings. The number of hydrogen-bond donors (Lipinski definition) is 1. The Bertz CT molecular complexity index is 724. The Hall–Kier alpha value is -2.53. The van der Waals surface area contributed by atoms with Gasteiger partial charge in [0.05, 0.1) is 12.7 Å². The smallest absolute Gasteiger partial charge is 0.337 e. The van der Waals surface area contributed by atoms with Crippen LogP contribution in [0.2, 0.25) is 5.02 Å². The number of carbonyl (C=O) groups is 2. The van der Waals surface area contributed by atoms with Gasteiger partial charge in [0.1, 0.15) is 5.75 Å². The summed E-state index contributed by atoms with van der Waals surface area (Å²) in [4.78, 5) is 23.8. The number of anilines is 1. The number of ether oxygens (including phenoxy) is 2. The maximum Gasteiger partial charge on any atom is 0.337 e. The molecular formula is C18H18ClNO4. The summed E-state index contributed by atoms with van der Waals surface area (Å²) in [5.41, 5.74) is -0.0673. The quantitative estimate of drug-likeness (QED) is 0.832. The lowest BCUT2D eigenvalue weighted by Gasteiger charge is -2.25. The molecule has 0 radical (unpaired) electrons. The van der Waals surface area contributed by atoms with Crippen molar-refractivity contribution in [1.82, 2.24) is 0 Å². The molecule has 0 atom stereocenters. The van der Waals surface area contributed by atoms with Crippen molar-refractivity contribution >= 4 is 29.2 Å². The zero-order valence-electron chi connectivity index (χ0n) is 13.6. The van der Waals surface area contributed by atoms with Crippen molar-refractivity contribution in [2.24, 2.45) is 0 Å². The van der Waals surface area contributed by atoms with Crippen molar-refractivity contribution < 1.29 is 19.1 Å². The molecule has 0 saturated heterocycles. The molecule has 1 N–H and O–H groups in total. The summed E-state index contributed by atoms with van der Waals surface area (Å²) in [6, 6.07) is 13.2. The number of esters is 1. The van der Waals surface area contributed by atoms with Gasteiger partial charge in [0, 0.05) is 10.7 Å². The van der Waals surface area contributed by atoms with E-state index in [0.29, 0.717) is 22.0 Å². The highest BCUT2D eigenvalue weighted by Crippen LogP contribution is 2.21. The zero-order chi connectivity index (χ0) is 17.7. The van der Waals surface area contributed by atoms with E-state index in [-0.39, 0.29) is 5.91 Å². The molecule has 5 nitrogen and oxygen atoms in total. The van der Waals surface area contributed by atoms with E-state index in [0.717, 1.165) is 0 Å². The summed E-state index contributed by atoms with van der Waals surface area (Å²) in [7, 11) is 1.32. The van der Waals surface area contributed by atoms with Crippen LogP contribution in [0.3, 0.4) is 0 Å². The van der Waals surface area contributed by atoms with Gasteiger partial charge in [-0.25, -0.2) is 4.79 Å².